The van der Waals surface area contributed by atoms with Crippen LogP contribution >= 0.6 is 35.0 Å². The molecule has 0 spiro atoms. The van der Waals surface area contributed by atoms with Crippen molar-refractivity contribution in [1.82, 2.24) is 4.90 Å². The maximum Gasteiger partial charge on any atom is 0.294 e. The van der Waals surface area contributed by atoms with Crippen LogP contribution in [0.2, 0.25) is 10.0 Å². The van der Waals surface area contributed by atoms with Gasteiger partial charge in [0.1, 0.15) is 13.2 Å². The fourth-order valence-electron chi connectivity index (χ4n) is 3.46. The zero-order chi connectivity index (χ0) is 26.4. The SMILES string of the molecule is CCOc1cc(/C=C2/SC(=O)N(CC(=O)Nc3ccccc3Cl)C2=O)ccc1OCc1ccccc1Cl. The highest BCUT2D eigenvalue weighted by Crippen LogP contribution is 2.35. The van der Waals surface area contributed by atoms with Crippen molar-refractivity contribution in [3.63, 3.8) is 0 Å². The Labute approximate surface area is 228 Å². The Morgan fingerprint density at radius 3 is 2.43 bits per heavy atom. The summed E-state index contributed by atoms with van der Waals surface area (Å²) in [5.74, 6) is -0.0819. The van der Waals surface area contributed by atoms with E-state index in [1.165, 1.54) is 0 Å². The number of benzene rings is 3. The van der Waals surface area contributed by atoms with Crippen LogP contribution in [0, 0.1) is 0 Å². The molecule has 1 aliphatic heterocycles. The van der Waals surface area contributed by atoms with Crippen LogP contribution in [0.25, 0.3) is 6.08 Å². The number of thioether (sulfide) groups is 1. The molecule has 1 N–H and O–H groups in total. The minimum Gasteiger partial charge on any atom is -0.490 e. The Balaban J connectivity index is 1.46. The fourth-order valence-corrected chi connectivity index (χ4v) is 4.67. The Bertz CT molecular complexity index is 1380. The number of rotatable bonds is 9. The van der Waals surface area contributed by atoms with Crippen LogP contribution in [0.3, 0.4) is 0 Å². The lowest BCUT2D eigenvalue weighted by molar-refractivity contribution is -0.127. The molecule has 3 aromatic rings. The van der Waals surface area contributed by atoms with E-state index in [0.717, 1.165) is 22.2 Å². The van der Waals surface area contributed by atoms with E-state index in [0.29, 0.717) is 39.4 Å². The van der Waals surface area contributed by atoms with E-state index < -0.39 is 23.6 Å². The first kappa shape index (κ1) is 26.6. The number of ether oxygens (including phenoxy) is 2. The van der Waals surface area contributed by atoms with Gasteiger partial charge in [-0.1, -0.05) is 59.6 Å². The molecule has 3 aromatic carbocycles. The van der Waals surface area contributed by atoms with E-state index in [-0.39, 0.29) is 11.5 Å². The third-order valence-electron chi connectivity index (χ3n) is 5.23. The Hall–Kier alpha value is -3.46. The summed E-state index contributed by atoms with van der Waals surface area (Å²) in [6, 6.07) is 19.3. The second kappa shape index (κ2) is 12.2. The summed E-state index contributed by atoms with van der Waals surface area (Å²) in [6.45, 7) is 2.09. The van der Waals surface area contributed by atoms with Crippen molar-refractivity contribution in [2.45, 2.75) is 13.5 Å². The van der Waals surface area contributed by atoms with Gasteiger partial charge in [0.05, 0.1) is 22.2 Å². The third-order valence-corrected chi connectivity index (χ3v) is 6.84. The van der Waals surface area contributed by atoms with Gasteiger partial charge in [-0.25, -0.2) is 0 Å². The highest BCUT2D eigenvalue weighted by atomic mass is 35.5. The number of hydrogen-bond donors (Lipinski definition) is 1. The van der Waals surface area contributed by atoms with Gasteiger partial charge in [0.25, 0.3) is 11.1 Å². The molecular formula is C27H22Cl2N2O5S. The maximum absolute atomic E-state index is 12.9. The number of carbonyl (C=O) groups is 3. The van der Waals surface area contributed by atoms with E-state index in [1.807, 2.05) is 25.1 Å². The Morgan fingerprint density at radius 1 is 0.973 bits per heavy atom. The maximum atomic E-state index is 12.9. The first-order valence-electron chi connectivity index (χ1n) is 11.3. The van der Waals surface area contributed by atoms with Crippen LogP contribution < -0.4 is 14.8 Å². The van der Waals surface area contributed by atoms with Crippen LogP contribution in [-0.4, -0.2) is 35.1 Å². The number of amides is 3. The summed E-state index contributed by atoms with van der Waals surface area (Å²) in [4.78, 5) is 38.9. The molecule has 0 saturated carbocycles. The predicted octanol–water partition coefficient (Wildman–Crippen LogP) is 6.65. The number of carbonyl (C=O) groups excluding carboxylic acids is 3. The van der Waals surface area contributed by atoms with Crippen LogP contribution in [0.1, 0.15) is 18.1 Å². The van der Waals surface area contributed by atoms with Gasteiger partial charge in [-0.15, -0.1) is 0 Å². The molecule has 0 aliphatic carbocycles. The smallest absolute Gasteiger partial charge is 0.294 e. The van der Waals surface area contributed by atoms with E-state index in [9.17, 15) is 14.4 Å². The minimum atomic E-state index is -0.554. The van der Waals surface area contributed by atoms with Crippen molar-refractivity contribution in [3.05, 3.63) is 92.8 Å². The lowest BCUT2D eigenvalue weighted by Crippen LogP contribution is -2.36. The molecule has 0 unspecified atom stereocenters. The zero-order valence-corrected chi connectivity index (χ0v) is 22.0. The highest BCUT2D eigenvalue weighted by molar-refractivity contribution is 8.18. The van der Waals surface area contributed by atoms with E-state index in [2.05, 4.69) is 5.32 Å². The average Bonchev–Trinajstić information content (AvgIpc) is 3.13. The number of para-hydroxylation sites is 1. The van der Waals surface area contributed by atoms with Gasteiger partial charge in [-0.3, -0.25) is 19.3 Å². The number of halogens is 2. The summed E-state index contributed by atoms with van der Waals surface area (Å²) >= 11 is 13.0. The highest BCUT2D eigenvalue weighted by Gasteiger charge is 2.36. The average molecular weight is 557 g/mol. The number of hydrogen-bond acceptors (Lipinski definition) is 6. The molecule has 3 amide bonds. The minimum absolute atomic E-state index is 0.197. The summed E-state index contributed by atoms with van der Waals surface area (Å²) in [7, 11) is 0. The molecule has 37 heavy (non-hydrogen) atoms. The second-order valence-electron chi connectivity index (χ2n) is 7.82. The summed E-state index contributed by atoms with van der Waals surface area (Å²) in [5.41, 5.74) is 1.87. The third kappa shape index (κ3) is 6.65. The van der Waals surface area contributed by atoms with E-state index in [4.69, 9.17) is 32.7 Å². The van der Waals surface area contributed by atoms with Crippen molar-refractivity contribution in [2.24, 2.45) is 0 Å². The van der Waals surface area contributed by atoms with Crippen molar-refractivity contribution in [1.29, 1.82) is 0 Å². The Morgan fingerprint density at radius 2 is 1.70 bits per heavy atom. The van der Waals surface area contributed by atoms with Crippen LogP contribution in [0.5, 0.6) is 11.5 Å². The number of nitrogens with one attached hydrogen (secondary N) is 1. The number of imide groups is 1. The van der Waals surface area contributed by atoms with Gasteiger partial charge in [0, 0.05) is 10.6 Å². The molecule has 4 rings (SSSR count). The molecule has 0 atom stereocenters. The molecule has 0 bridgehead atoms. The molecule has 10 heteroatoms. The molecule has 0 aromatic heterocycles. The lowest BCUT2D eigenvalue weighted by Gasteiger charge is -2.14. The quantitative estimate of drug-likeness (QED) is 0.297. The Kier molecular flexibility index (Phi) is 8.76. The number of anilines is 1. The zero-order valence-electron chi connectivity index (χ0n) is 19.7. The molecule has 1 heterocycles. The summed E-state index contributed by atoms with van der Waals surface area (Å²) < 4.78 is 11.6. The lowest BCUT2D eigenvalue weighted by atomic mass is 10.1. The largest absolute Gasteiger partial charge is 0.490 e. The van der Waals surface area contributed by atoms with Crippen molar-refractivity contribution in [2.75, 3.05) is 18.5 Å². The molecular weight excluding hydrogens is 535 g/mol. The monoisotopic (exact) mass is 556 g/mol. The molecule has 0 radical (unpaired) electrons. The molecule has 7 nitrogen and oxygen atoms in total. The van der Waals surface area contributed by atoms with Gasteiger partial charge >= 0.3 is 0 Å². The first-order chi connectivity index (χ1) is 17.9. The van der Waals surface area contributed by atoms with Crippen molar-refractivity contribution >= 4 is 63.8 Å². The van der Waals surface area contributed by atoms with Gasteiger partial charge in [-0.05, 0) is 60.7 Å². The first-order valence-corrected chi connectivity index (χ1v) is 12.9. The van der Waals surface area contributed by atoms with Gasteiger partial charge in [-0.2, -0.15) is 0 Å². The summed E-state index contributed by atoms with van der Waals surface area (Å²) in [6.07, 6.45) is 1.58. The van der Waals surface area contributed by atoms with Crippen LogP contribution in [-0.2, 0) is 16.2 Å². The van der Waals surface area contributed by atoms with Gasteiger partial charge < -0.3 is 14.8 Å². The molecule has 190 valence electrons. The van der Waals surface area contributed by atoms with Gasteiger partial charge in [0.2, 0.25) is 5.91 Å². The van der Waals surface area contributed by atoms with Crippen LogP contribution in [0.4, 0.5) is 10.5 Å². The topological polar surface area (TPSA) is 84.9 Å². The molecule has 1 fully saturated rings. The van der Waals surface area contributed by atoms with E-state index in [1.54, 1.807) is 54.6 Å². The van der Waals surface area contributed by atoms with Crippen LogP contribution in [0.15, 0.2) is 71.6 Å². The van der Waals surface area contributed by atoms with Crippen molar-refractivity contribution in [3.8, 4) is 11.5 Å². The van der Waals surface area contributed by atoms with Gasteiger partial charge in [0.15, 0.2) is 11.5 Å². The van der Waals surface area contributed by atoms with E-state index >= 15 is 0 Å². The normalized spacial score (nSPS) is 14.2. The predicted molar refractivity (Wildman–Crippen MR) is 146 cm³/mol. The standard InChI is InChI=1S/C27H22Cl2N2O5S/c1-2-35-23-13-17(11-12-22(23)36-16-18-7-3-4-8-19(18)28)14-24-26(33)31(27(34)37-24)15-25(32)30-21-10-6-5-9-20(21)29/h3-14H,2,15-16H2,1H3,(H,30,32)/b24-14+. The molecule has 1 aliphatic rings. The second-order valence-corrected chi connectivity index (χ2v) is 9.62. The fraction of sp³-hybridized carbons (Fsp3) is 0.148. The van der Waals surface area contributed by atoms with Crippen molar-refractivity contribution < 1.29 is 23.9 Å². The number of nitrogens with zero attached hydrogens (tertiary/aromatic N) is 1. The molecule has 1 saturated heterocycles. The summed E-state index contributed by atoms with van der Waals surface area (Å²) in [5, 5.41) is 3.04.